The number of nitrogens with zero attached hydrogens (tertiary/aromatic N) is 1. The molecule has 84 valence electrons. The zero-order valence-electron chi connectivity index (χ0n) is 8.94. The molecule has 1 heterocycles. The van der Waals surface area contributed by atoms with E-state index < -0.39 is 0 Å². The standard InChI is InChI=1S/C12H14N2O2/c13-4-3-9-1-2-12(15)10(7-9)11-8-16-6-5-14-11/h1-2,7,11,14-15H,3,5-6,8H2/t11-/m0/s1. The van der Waals surface area contributed by atoms with E-state index >= 15 is 0 Å². The maximum Gasteiger partial charge on any atom is 0.120 e. The Hall–Kier alpha value is -1.57. The minimum Gasteiger partial charge on any atom is -0.508 e. The van der Waals surface area contributed by atoms with Crippen LogP contribution in [0.2, 0.25) is 0 Å². The van der Waals surface area contributed by atoms with Gasteiger partial charge in [0.05, 0.1) is 31.7 Å². The van der Waals surface area contributed by atoms with Crippen LogP contribution in [0.3, 0.4) is 0 Å². The molecule has 2 N–H and O–H groups in total. The van der Waals surface area contributed by atoms with Gasteiger partial charge in [0, 0.05) is 12.1 Å². The molecule has 0 radical (unpaired) electrons. The summed E-state index contributed by atoms with van der Waals surface area (Å²) in [4.78, 5) is 0. The second-order valence-corrected chi connectivity index (χ2v) is 3.81. The topological polar surface area (TPSA) is 65.3 Å². The first kappa shape index (κ1) is 10.9. The SMILES string of the molecule is N#CCc1ccc(O)c([C@@H]2COCCN2)c1. The number of rotatable bonds is 2. The third-order valence-electron chi connectivity index (χ3n) is 2.67. The highest BCUT2D eigenvalue weighted by molar-refractivity contribution is 5.39. The maximum atomic E-state index is 9.78. The average molecular weight is 218 g/mol. The molecule has 1 saturated heterocycles. The van der Waals surface area contributed by atoms with Crippen LogP contribution in [0.15, 0.2) is 18.2 Å². The zero-order chi connectivity index (χ0) is 11.4. The van der Waals surface area contributed by atoms with Gasteiger partial charge >= 0.3 is 0 Å². The van der Waals surface area contributed by atoms with E-state index in [4.69, 9.17) is 10.00 Å². The summed E-state index contributed by atoms with van der Waals surface area (Å²) >= 11 is 0. The highest BCUT2D eigenvalue weighted by atomic mass is 16.5. The molecule has 1 atom stereocenters. The lowest BCUT2D eigenvalue weighted by Gasteiger charge is -2.25. The molecule has 0 aromatic heterocycles. The van der Waals surface area contributed by atoms with Gasteiger partial charge in [-0.1, -0.05) is 6.07 Å². The molecular formula is C12H14N2O2. The lowest BCUT2D eigenvalue weighted by atomic mass is 10.0. The number of aromatic hydroxyl groups is 1. The third-order valence-corrected chi connectivity index (χ3v) is 2.67. The molecule has 1 aliphatic rings. The van der Waals surface area contributed by atoms with Crippen LogP contribution in [-0.4, -0.2) is 24.9 Å². The number of benzene rings is 1. The molecule has 0 spiro atoms. The summed E-state index contributed by atoms with van der Waals surface area (Å²) in [6.45, 7) is 2.05. The van der Waals surface area contributed by atoms with Crippen LogP contribution in [0.1, 0.15) is 17.2 Å². The van der Waals surface area contributed by atoms with Gasteiger partial charge in [-0.25, -0.2) is 0 Å². The quantitative estimate of drug-likeness (QED) is 0.780. The summed E-state index contributed by atoms with van der Waals surface area (Å²) in [6.07, 6.45) is 0.362. The molecule has 2 rings (SSSR count). The van der Waals surface area contributed by atoms with Crippen molar-refractivity contribution in [2.24, 2.45) is 0 Å². The second kappa shape index (κ2) is 4.97. The van der Waals surface area contributed by atoms with Crippen LogP contribution >= 0.6 is 0 Å². The molecule has 0 aliphatic carbocycles. The van der Waals surface area contributed by atoms with Crippen molar-refractivity contribution in [2.45, 2.75) is 12.5 Å². The molecule has 0 saturated carbocycles. The van der Waals surface area contributed by atoms with E-state index in [1.165, 1.54) is 0 Å². The predicted octanol–water partition coefficient (Wildman–Crippen LogP) is 1.12. The van der Waals surface area contributed by atoms with E-state index in [-0.39, 0.29) is 11.8 Å². The monoisotopic (exact) mass is 218 g/mol. The van der Waals surface area contributed by atoms with Gasteiger partial charge in [-0.2, -0.15) is 5.26 Å². The number of hydrogen-bond donors (Lipinski definition) is 2. The van der Waals surface area contributed by atoms with Gasteiger partial charge < -0.3 is 15.2 Å². The fraction of sp³-hybridized carbons (Fsp3) is 0.417. The van der Waals surface area contributed by atoms with Gasteiger partial charge in [0.1, 0.15) is 5.75 Å². The second-order valence-electron chi connectivity index (χ2n) is 3.81. The van der Waals surface area contributed by atoms with Gasteiger partial charge in [-0.05, 0) is 17.7 Å². The lowest BCUT2D eigenvalue weighted by molar-refractivity contribution is 0.0761. The van der Waals surface area contributed by atoms with Crippen molar-refractivity contribution in [3.63, 3.8) is 0 Å². The van der Waals surface area contributed by atoms with Crippen LogP contribution in [0.4, 0.5) is 0 Å². The fourth-order valence-electron chi connectivity index (χ4n) is 1.85. The highest BCUT2D eigenvalue weighted by Crippen LogP contribution is 2.26. The number of nitrogens with one attached hydrogen (secondary N) is 1. The number of hydrogen-bond acceptors (Lipinski definition) is 4. The lowest BCUT2D eigenvalue weighted by Crippen LogP contribution is -2.34. The Bertz CT molecular complexity index is 406. The van der Waals surface area contributed by atoms with Gasteiger partial charge in [0.2, 0.25) is 0 Å². The summed E-state index contributed by atoms with van der Waals surface area (Å²) in [5.74, 6) is 0.254. The van der Waals surface area contributed by atoms with Gasteiger partial charge in [-0.3, -0.25) is 0 Å². The van der Waals surface area contributed by atoms with E-state index in [2.05, 4.69) is 11.4 Å². The average Bonchev–Trinajstić information content (AvgIpc) is 2.33. The Morgan fingerprint density at radius 1 is 1.56 bits per heavy atom. The van der Waals surface area contributed by atoms with Crippen molar-refractivity contribution < 1.29 is 9.84 Å². The first-order valence-corrected chi connectivity index (χ1v) is 5.31. The van der Waals surface area contributed by atoms with E-state index in [1.54, 1.807) is 12.1 Å². The van der Waals surface area contributed by atoms with Crippen molar-refractivity contribution in [1.29, 1.82) is 5.26 Å². The Labute approximate surface area is 94.5 Å². The Morgan fingerprint density at radius 2 is 2.44 bits per heavy atom. The molecule has 4 nitrogen and oxygen atoms in total. The van der Waals surface area contributed by atoms with Crippen molar-refractivity contribution >= 4 is 0 Å². The molecular weight excluding hydrogens is 204 g/mol. The number of ether oxygens (including phenoxy) is 1. The van der Waals surface area contributed by atoms with Crippen LogP contribution in [0.5, 0.6) is 5.75 Å². The first-order valence-electron chi connectivity index (χ1n) is 5.31. The third kappa shape index (κ3) is 2.32. The molecule has 0 amide bonds. The van der Waals surface area contributed by atoms with Crippen LogP contribution in [0, 0.1) is 11.3 Å². The summed E-state index contributed by atoms with van der Waals surface area (Å²) in [6, 6.07) is 7.39. The fourth-order valence-corrected chi connectivity index (χ4v) is 1.85. The van der Waals surface area contributed by atoms with Gasteiger partial charge in [-0.15, -0.1) is 0 Å². The van der Waals surface area contributed by atoms with Crippen molar-refractivity contribution in [2.75, 3.05) is 19.8 Å². The van der Waals surface area contributed by atoms with E-state index in [9.17, 15) is 5.11 Å². The normalized spacial score (nSPS) is 20.3. The largest absolute Gasteiger partial charge is 0.508 e. The van der Waals surface area contributed by atoms with Crippen LogP contribution in [0.25, 0.3) is 0 Å². The summed E-state index contributed by atoms with van der Waals surface area (Å²) in [5.41, 5.74) is 1.73. The van der Waals surface area contributed by atoms with E-state index in [0.29, 0.717) is 19.6 Å². The Kier molecular flexibility index (Phi) is 3.40. The summed E-state index contributed by atoms with van der Waals surface area (Å²) in [5, 5.41) is 21.7. The minimum atomic E-state index is 0.0207. The zero-order valence-corrected chi connectivity index (χ0v) is 8.94. The Morgan fingerprint density at radius 3 is 3.12 bits per heavy atom. The summed E-state index contributed by atoms with van der Waals surface area (Å²) in [7, 11) is 0. The number of phenolic OH excluding ortho intramolecular Hbond substituents is 1. The van der Waals surface area contributed by atoms with E-state index in [1.807, 2.05) is 6.07 Å². The van der Waals surface area contributed by atoms with Crippen molar-refractivity contribution in [1.82, 2.24) is 5.32 Å². The number of morpholine rings is 1. The first-order chi connectivity index (χ1) is 7.81. The Balaban J connectivity index is 2.24. The molecule has 1 fully saturated rings. The van der Waals surface area contributed by atoms with Crippen molar-refractivity contribution in [3.8, 4) is 11.8 Å². The smallest absolute Gasteiger partial charge is 0.120 e. The van der Waals surface area contributed by atoms with Gasteiger partial charge in [0.15, 0.2) is 0 Å². The number of nitriles is 1. The predicted molar refractivity (Wildman–Crippen MR) is 59.0 cm³/mol. The van der Waals surface area contributed by atoms with Crippen molar-refractivity contribution in [3.05, 3.63) is 29.3 Å². The van der Waals surface area contributed by atoms with Crippen LogP contribution < -0.4 is 5.32 Å². The molecule has 1 aromatic carbocycles. The molecule has 16 heavy (non-hydrogen) atoms. The highest BCUT2D eigenvalue weighted by Gasteiger charge is 2.18. The van der Waals surface area contributed by atoms with E-state index in [0.717, 1.165) is 17.7 Å². The molecule has 4 heteroatoms. The number of phenols is 1. The minimum absolute atomic E-state index is 0.0207. The molecule has 0 bridgehead atoms. The molecule has 1 aliphatic heterocycles. The van der Waals surface area contributed by atoms with Crippen LogP contribution in [-0.2, 0) is 11.2 Å². The molecule has 1 aromatic rings. The molecule has 0 unspecified atom stereocenters. The maximum absolute atomic E-state index is 9.78. The summed E-state index contributed by atoms with van der Waals surface area (Å²) < 4.78 is 5.35. The van der Waals surface area contributed by atoms with Gasteiger partial charge in [0.25, 0.3) is 0 Å².